The molecule has 0 saturated carbocycles. The molecule has 2 rings (SSSR count). The van der Waals surface area contributed by atoms with Gasteiger partial charge in [0.2, 0.25) is 11.8 Å². The Kier molecular flexibility index (Phi) is 6.79. The molecule has 1 fully saturated rings. The second-order valence-corrected chi connectivity index (χ2v) is 6.88. The second kappa shape index (κ2) is 8.83. The van der Waals surface area contributed by atoms with Gasteiger partial charge in [-0.05, 0) is 37.8 Å². The second-order valence-electron chi connectivity index (χ2n) is 6.88. The number of nitrogens with zero attached hydrogens (tertiary/aromatic N) is 1. The summed E-state index contributed by atoms with van der Waals surface area (Å²) in [5, 5.41) is 3.00. The third kappa shape index (κ3) is 5.34. The third-order valence-electron chi connectivity index (χ3n) is 5.02. The highest BCUT2D eigenvalue weighted by Gasteiger charge is 2.26. The fraction of sp³-hybridized carbons (Fsp3) is 0.579. The Balaban J connectivity index is 1.70. The van der Waals surface area contributed by atoms with E-state index in [-0.39, 0.29) is 17.7 Å². The highest BCUT2D eigenvalue weighted by atomic mass is 16.2. The predicted molar refractivity (Wildman–Crippen MR) is 95.1 cm³/mol. The SMILES string of the molecule is CC(CCC(=O)NCC1CCN([C@@H](C)c2ccccc2)C1)C(N)=O. The monoisotopic (exact) mass is 331 g/mol. The summed E-state index contributed by atoms with van der Waals surface area (Å²) < 4.78 is 0. The summed E-state index contributed by atoms with van der Waals surface area (Å²) in [6.07, 6.45) is 1.99. The third-order valence-corrected chi connectivity index (χ3v) is 5.02. The van der Waals surface area contributed by atoms with Gasteiger partial charge in [0, 0.05) is 31.5 Å². The maximum Gasteiger partial charge on any atom is 0.220 e. The molecule has 5 nitrogen and oxygen atoms in total. The molecule has 1 aliphatic heterocycles. The van der Waals surface area contributed by atoms with E-state index in [1.165, 1.54) is 5.56 Å². The van der Waals surface area contributed by atoms with Crippen molar-refractivity contribution in [2.45, 2.75) is 39.2 Å². The van der Waals surface area contributed by atoms with E-state index in [0.717, 1.165) is 19.5 Å². The first-order valence-electron chi connectivity index (χ1n) is 8.82. The summed E-state index contributed by atoms with van der Waals surface area (Å²) in [5.74, 6) is -0.0834. The Morgan fingerprint density at radius 2 is 2.00 bits per heavy atom. The average Bonchev–Trinajstić information content (AvgIpc) is 3.06. The number of benzene rings is 1. The van der Waals surface area contributed by atoms with Crippen molar-refractivity contribution in [1.82, 2.24) is 10.2 Å². The Labute approximate surface area is 144 Å². The highest BCUT2D eigenvalue weighted by molar-refractivity contribution is 5.79. The number of amides is 2. The van der Waals surface area contributed by atoms with Crippen molar-refractivity contribution in [3.8, 4) is 0 Å². The summed E-state index contributed by atoms with van der Waals surface area (Å²) in [7, 11) is 0. The zero-order valence-corrected chi connectivity index (χ0v) is 14.7. The minimum Gasteiger partial charge on any atom is -0.369 e. The molecule has 5 heteroatoms. The molecule has 1 saturated heterocycles. The first-order chi connectivity index (χ1) is 11.5. The van der Waals surface area contributed by atoms with Gasteiger partial charge in [-0.3, -0.25) is 14.5 Å². The number of carbonyl (C=O) groups excluding carboxylic acids is 2. The molecule has 0 bridgehead atoms. The lowest BCUT2D eigenvalue weighted by Gasteiger charge is -2.24. The van der Waals surface area contributed by atoms with E-state index < -0.39 is 0 Å². The Bertz CT molecular complexity index is 547. The minimum absolute atomic E-state index is 0.0117. The molecule has 1 aromatic rings. The van der Waals surface area contributed by atoms with Gasteiger partial charge in [-0.25, -0.2) is 0 Å². The highest BCUT2D eigenvalue weighted by Crippen LogP contribution is 2.26. The molecule has 1 aliphatic rings. The van der Waals surface area contributed by atoms with Gasteiger partial charge in [0.25, 0.3) is 0 Å². The van der Waals surface area contributed by atoms with Crippen LogP contribution in [0.3, 0.4) is 0 Å². The van der Waals surface area contributed by atoms with Gasteiger partial charge in [0.05, 0.1) is 0 Å². The summed E-state index contributed by atoms with van der Waals surface area (Å²) in [6, 6.07) is 10.9. The molecule has 2 amide bonds. The summed E-state index contributed by atoms with van der Waals surface area (Å²) >= 11 is 0. The summed E-state index contributed by atoms with van der Waals surface area (Å²) in [5.41, 5.74) is 6.55. The Morgan fingerprint density at radius 3 is 2.67 bits per heavy atom. The molecule has 1 heterocycles. The average molecular weight is 331 g/mol. The molecule has 3 N–H and O–H groups in total. The molecule has 0 radical (unpaired) electrons. The van der Waals surface area contributed by atoms with Crippen molar-refractivity contribution in [3.05, 3.63) is 35.9 Å². The molecular formula is C19H29N3O2. The van der Waals surface area contributed by atoms with E-state index in [4.69, 9.17) is 5.73 Å². The van der Waals surface area contributed by atoms with Crippen molar-refractivity contribution >= 4 is 11.8 Å². The van der Waals surface area contributed by atoms with Gasteiger partial charge < -0.3 is 11.1 Å². The van der Waals surface area contributed by atoms with Crippen molar-refractivity contribution in [1.29, 1.82) is 0 Å². The molecule has 0 spiro atoms. The van der Waals surface area contributed by atoms with Crippen LogP contribution in [0, 0.1) is 11.8 Å². The molecule has 1 aromatic carbocycles. The first kappa shape index (κ1) is 18.5. The van der Waals surface area contributed by atoms with Crippen molar-refractivity contribution in [2.75, 3.05) is 19.6 Å². The number of carbonyl (C=O) groups is 2. The zero-order valence-electron chi connectivity index (χ0n) is 14.7. The number of nitrogens with two attached hydrogens (primary N) is 1. The van der Waals surface area contributed by atoms with Crippen LogP contribution in [0.4, 0.5) is 0 Å². The van der Waals surface area contributed by atoms with Gasteiger partial charge >= 0.3 is 0 Å². The van der Waals surface area contributed by atoms with Gasteiger partial charge in [-0.1, -0.05) is 37.3 Å². The largest absolute Gasteiger partial charge is 0.369 e. The first-order valence-corrected chi connectivity index (χ1v) is 8.82. The lowest BCUT2D eigenvalue weighted by atomic mass is 10.0. The van der Waals surface area contributed by atoms with Crippen molar-refractivity contribution in [3.63, 3.8) is 0 Å². The maximum atomic E-state index is 11.9. The predicted octanol–water partition coefficient (Wildman–Crippen LogP) is 2.09. The van der Waals surface area contributed by atoms with Crippen LogP contribution in [0.2, 0.25) is 0 Å². The topological polar surface area (TPSA) is 75.4 Å². The van der Waals surface area contributed by atoms with Crippen LogP contribution in [-0.4, -0.2) is 36.3 Å². The van der Waals surface area contributed by atoms with Gasteiger partial charge in [0.15, 0.2) is 0 Å². The van der Waals surface area contributed by atoms with Crippen LogP contribution in [-0.2, 0) is 9.59 Å². The quantitative estimate of drug-likeness (QED) is 0.766. The fourth-order valence-electron chi connectivity index (χ4n) is 3.16. The summed E-state index contributed by atoms with van der Waals surface area (Å²) in [4.78, 5) is 25.3. The van der Waals surface area contributed by atoms with Crippen molar-refractivity contribution in [2.24, 2.45) is 17.6 Å². The molecule has 24 heavy (non-hydrogen) atoms. The maximum absolute atomic E-state index is 11.9. The van der Waals surface area contributed by atoms with E-state index in [0.29, 0.717) is 31.3 Å². The molecule has 0 aliphatic carbocycles. The standard InChI is InChI=1S/C19H29N3O2/c1-14(19(20)24)8-9-18(23)21-12-16-10-11-22(13-16)15(2)17-6-4-3-5-7-17/h3-7,14-16H,8-13H2,1-2H3,(H2,20,24)(H,21,23)/t14?,15-,16?/m0/s1. The van der Waals surface area contributed by atoms with Crippen LogP contribution in [0.1, 0.15) is 44.7 Å². The van der Waals surface area contributed by atoms with E-state index in [2.05, 4.69) is 41.4 Å². The van der Waals surface area contributed by atoms with Gasteiger partial charge in [0.1, 0.15) is 0 Å². The van der Waals surface area contributed by atoms with Crippen LogP contribution >= 0.6 is 0 Å². The van der Waals surface area contributed by atoms with Crippen LogP contribution < -0.4 is 11.1 Å². The van der Waals surface area contributed by atoms with Crippen LogP contribution in [0.15, 0.2) is 30.3 Å². The van der Waals surface area contributed by atoms with Gasteiger partial charge in [-0.15, -0.1) is 0 Å². The lowest BCUT2D eigenvalue weighted by molar-refractivity contribution is -0.123. The molecular weight excluding hydrogens is 302 g/mol. The number of hydrogen-bond acceptors (Lipinski definition) is 3. The Hall–Kier alpha value is -1.88. The fourth-order valence-corrected chi connectivity index (χ4v) is 3.16. The van der Waals surface area contributed by atoms with E-state index >= 15 is 0 Å². The number of rotatable bonds is 8. The molecule has 3 atom stereocenters. The van der Waals surface area contributed by atoms with Crippen LogP contribution in [0.5, 0.6) is 0 Å². The van der Waals surface area contributed by atoms with Gasteiger partial charge in [-0.2, -0.15) is 0 Å². The Morgan fingerprint density at radius 1 is 1.29 bits per heavy atom. The minimum atomic E-state index is -0.343. The lowest BCUT2D eigenvalue weighted by Crippen LogP contribution is -2.32. The smallest absolute Gasteiger partial charge is 0.220 e. The molecule has 132 valence electrons. The van der Waals surface area contributed by atoms with Crippen LogP contribution in [0.25, 0.3) is 0 Å². The number of hydrogen-bond donors (Lipinski definition) is 2. The molecule has 0 aromatic heterocycles. The number of nitrogens with one attached hydrogen (secondary N) is 1. The van der Waals surface area contributed by atoms with E-state index in [1.807, 2.05) is 6.07 Å². The number of likely N-dealkylation sites (tertiary alicyclic amines) is 1. The zero-order chi connectivity index (χ0) is 17.5. The normalized spacial score (nSPS) is 20.5. The summed E-state index contributed by atoms with van der Waals surface area (Å²) in [6.45, 7) is 6.78. The van der Waals surface area contributed by atoms with E-state index in [1.54, 1.807) is 6.92 Å². The van der Waals surface area contributed by atoms with E-state index in [9.17, 15) is 9.59 Å². The van der Waals surface area contributed by atoms with Crippen molar-refractivity contribution < 1.29 is 9.59 Å². The molecule has 2 unspecified atom stereocenters. The number of primary amides is 1.